The minimum Gasteiger partial charge on any atom is -0.385 e. The first-order valence-corrected chi connectivity index (χ1v) is 12.0. The molecule has 0 spiro atoms. The summed E-state index contributed by atoms with van der Waals surface area (Å²) in [4.78, 5) is 14.0. The van der Waals surface area contributed by atoms with Gasteiger partial charge in [-0.15, -0.1) is 0 Å². The third kappa shape index (κ3) is 6.65. The molecule has 0 aliphatic rings. The Kier molecular flexibility index (Phi) is 9.27. The molecule has 32 heavy (non-hydrogen) atoms. The highest BCUT2D eigenvalue weighted by Crippen LogP contribution is 2.23. The summed E-state index contributed by atoms with van der Waals surface area (Å²) in [5, 5.41) is 12.0. The van der Waals surface area contributed by atoms with Gasteiger partial charge < -0.3 is 14.6 Å². The van der Waals surface area contributed by atoms with E-state index >= 15 is 0 Å². The van der Waals surface area contributed by atoms with Gasteiger partial charge in [0, 0.05) is 28.2 Å². The number of rotatable bonds is 13. The molecule has 2 aromatic carbocycles. The molecule has 0 radical (unpaired) electrons. The summed E-state index contributed by atoms with van der Waals surface area (Å²) in [6.45, 7) is 8.01. The molecule has 0 fully saturated rings. The van der Waals surface area contributed by atoms with Gasteiger partial charge in [0.05, 0.1) is 19.6 Å². The maximum Gasteiger partial charge on any atom is 0.185 e. The van der Waals surface area contributed by atoms with Crippen LogP contribution in [0.25, 0.3) is 17.0 Å². The van der Waals surface area contributed by atoms with Crippen LogP contribution in [0.1, 0.15) is 55.5 Å². The third-order valence-electron chi connectivity index (χ3n) is 5.99. The molecular formula is C28H37N2O2+. The molecule has 1 heterocycles. The van der Waals surface area contributed by atoms with Crippen molar-refractivity contribution in [2.75, 3.05) is 19.6 Å². The SMILES string of the molecule is CCCC[NH+](CCCC)C[C@@H](O)Cn1cc(/C=C/C(=O)c2ccccc2)c2ccccc21. The standard InChI is InChI=1S/C28H36N2O2/c1-3-5-18-29(19-6-4-2)21-25(31)22-30-20-24(26-14-10-11-15-27(26)30)16-17-28(32)23-12-8-7-9-13-23/h7-17,20,25,31H,3-6,18-19,21-22H2,1-2H3/p+1/b17-16+/t25-/m1/s1. The number of carbonyl (C=O) groups is 1. The van der Waals surface area contributed by atoms with E-state index in [1.54, 1.807) is 6.08 Å². The number of quaternary nitrogens is 1. The van der Waals surface area contributed by atoms with Crippen molar-refractivity contribution in [1.29, 1.82) is 0 Å². The lowest BCUT2D eigenvalue weighted by molar-refractivity contribution is -0.903. The van der Waals surface area contributed by atoms with E-state index in [9.17, 15) is 9.90 Å². The molecule has 170 valence electrons. The molecule has 0 bridgehead atoms. The zero-order valence-corrected chi connectivity index (χ0v) is 19.5. The number of aliphatic hydroxyl groups is 1. The Bertz CT molecular complexity index is 999. The van der Waals surface area contributed by atoms with Crippen LogP contribution in [0.15, 0.2) is 66.9 Å². The fourth-order valence-electron chi connectivity index (χ4n) is 4.23. The summed E-state index contributed by atoms with van der Waals surface area (Å²) in [5.74, 6) is -0.00597. The molecule has 0 unspecified atom stereocenters. The van der Waals surface area contributed by atoms with Gasteiger partial charge in [-0.3, -0.25) is 4.79 Å². The number of nitrogens with zero attached hydrogens (tertiary/aromatic N) is 1. The highest BCUT2D eigenvalue weighted by Gasteiger charge is 2.17. The molecule has 4 heteroatoms. The normalized spacial score (nSPS) is 12.8. The Hall–Kier alpha value is -2.69. The number of aliphatic hydroxyl groups excluding tert-OH is 1. The van der Waals surface area contributed by atoms with E-state index in [-0.39, 0.29) is 5.78 Å². The molecule has 0 aliphatic heterocycles. The predicted octanol–water partition coefficient (Wildman–Crippen LogP) is 4.38. The fraction of sp³-hybridized carbons (Fsp3) is 0.393. The first-order valence-electron chi connectivity index (χ1n) is 12.0. The summed E-state index contributed by atoms with van der Waals surface area (Å²) < 4.78 is 2.13. The number of benzene rings is 2. The lowest BCUT2D eigenvalue weighted by Crippen LogP contribution is -3.13. The lowest BCUT2D eigenvalue weighted by atomic mass is 10.1. The molecule has 0 aliphatic carbocycles. The number of fused-ring (bicyclic) bond motifs is 1. The van der Waals surface area contributed by atoms with Crippen molar-refractivity contribution in [3.8, 4) is 0 Å². The molecule has 1 atom stereocenters. The smallest absolute Gasteiger partial charge is 0.185 e. The number of ketones is 1. The summed E-state index contributed by atoms with van der Waals surface area (Å²) in [7, 11) is 0. The topological polar surface area (TPSA) is 46.7 Å². The summed E-state index contributed by atoms with van der Waals surface area (Å²) in [5.41, 5.74) is 2.77. The molecule has 0 saturated heterocycles. The van der Waals surface area contributed by atoms with Gasteiger partial charge in [-0.1, -0.05) is 75.2 Å². The van der Waals surface area contributed by atoms with E-state index in [1.807, 2.05) is 48.5 Å². The average molecular weight is 434 g/mol. The number of nitrogens with one attached hydrogen (secondary N) is 1. The summed E-state index contributed by atoms with van der Waals surface area (Å²) in [6, 6.07) is 17.5. The van der Waals surface area contributed by atoms with Gasteiger partial charge in [-0.25, -0.2) is 0 Å². The van der Waals surface area contributed by atoms with E-state index in [0.717, 1.165) is 36.1 Å². The molecule has 0 amide bonds. The van der Waals surface area contributed by atoms with Gasteiger partial charge >= 0.3 is 0 Å². The quantitative estimate of drug-likeness (QED) is 0.310. The number of aromatic nitrogens is 1. The predicted molar refractivity (Wildman–Crippen MR) is 133 cm³/mol. The van der Waals surface area contributed by atoms with Gasteiger partial charge in [0.1, 0.15) is 12.6 Å². The highest BCUT2D eigenvalue weighted by molar-refractivity contribution is 6.07. The molecule has 4 nitrogen and oxygen atoms in total. The van der Waals surface area contributed by atoms with Crippen LogP contribution < -0.4 is 4.90 Å². The zero-order valence-electron chi connectivity index (χ0n) is 19.5. The van der Waals surface area contributed by atoms with Gasteiger partial charge in [0.15, 0.2) is 5.78 Å². The van der Waals surface area contributed by atoms with E-state index in [1.165, 1.54) is 30.6 Å². The van der Waals surface area contributed by atoms with Crippen molar-refractivity contribution in [3.63, 3.8) is 0 Å². The Labute approximate surface area is 192 Å². The van der Waals surface area contributed by atoms with Crippen molar-refractivity contribution < 1.29 is 14.8 Å². The molecule has 0 saturated carbocycles. The number of unbranched alkanes of at least 4 members (excludes halogenated alkanes) is 2. The fourth-order valence-corrected chi connectivity index (χ4v) is 4.23. The monoisotopic (exact) mass is 433 g/mol. The van der Waals surface area contributed by atoms with Crippen molar-refractivity contribution in [1.82, 2.24) is 4.57 Å². The maximum atomic E-state index is 12.5. The van der Waals surface area contributed by atoms with Crippen LogP contribution in [0.2, 0.25) is 0 Å². The first-order chi connectivity index (χ1) is 15.6. The zero-order chi connectivity index (χ0) is 22.8. The number of para-hydroxylation sites is 1. The van der Waals surface area contributed by atoms with Crippen LogP contribution in [-0.4, -0.2) is 41.2 Å². The number of hydrogen-bond acceptors (Lipinski definition) is 2. The average Bonchev–Trinajstić information content (AvgIpc) is 3.17. The minimum atomic E-state index is -0.405. The van der Waals surface area contributed by atoms with E-state index in [2.05, 4.69) is 36.7 Å². The van der Waals surface area contributed by atoms with Crippen molar-refractivity contribution in [2.24, 2.45) is 0 Å². The van der Waals surface area contributed by atoms with Crippen molar-refractivity contribution in [3.05, 3.63) is 78.0 Å². The maximum absolute atomic E-state index is 12.5. The van der Waals surface area contributed by atoms with Gasteiger partial charge in [0.25, 0.3) is 0 Å². The largest absolute Gasteiger partial charge is 0.385 e. The number of allylic oxidation sites excluding steroid dienone is 1. The molecular weight excluding hydrogens is 396 g/mol. The van der Waals surface area contributed by atoms with Crippen LogP contribution in [0.4, 0.5) is 0 Å². The van der Waals surface area contributed by atoms with Crippen molar-refractivity contribution >= 4 is 22.8 Å². The van der Waals surface area contributed by atoms with Gasteiger partial charge in [0.2, 0.25) is 0 Å². The van der Waals surface area contributed by atoms with Crippen LogP contribution in [0, 0.1) is 0 Å². The minimum absolute atomic E-state index is 0.00597. The molecule has 1 aromatic heterocycles. The van der Waals surface area contributed by atoms with Crippen molar-refractivity contribution in [2.45, 2.75) is 52.2 Å². The Morgan fingerprint density at radius 3 is 2.34 bits per heavy atom. The summed E-state index contributed by atoms with van der Waals surface area (Å²) in [6.07, 6.45) is 9.94. The molecule has 3 rings (SSSR count). The van der Waals surface area contributed by atoms with Crippen LogP contribution in [0.3, 0.4) is 0 Å². The van der Waals surface area contributed by atoms with E-state index in [0.29, 0.717) is 12.1 Å². The second kappa shape index (κ2) is 12.4. The Morgan fingerprint density at radius 1 is 1.00 bits per heavy atom. The van der Waals surface area contributed by atoms with Crippen LogP contribution >= 0.6 is 0 Å². The molecule has 2 N–H and O–H groups in total. The summed E-state index contributed by atoms with van der Waals surface area (Å²) >= 11 is 0. The Morgan fingerprint density at radius 2 is 1.66 bits per heavy atom. The number of carbonyl (C=O) groups excluding carboxylic acids is 1. The van der Waals surface area contributed by atoms with E-state index < -0.39 is 6.10 Å². The van der Waals surface area contributed by atoms with Crippen LogP contribution in [-0.2, 0) is 6.54 Å². The van der Waals surface area contributed by atoms with Crippen LogP contribution in [0.5, 0.6) is 0 Å². The first kappa shape index (κ1) is 24.0. The van der Waals surface area contributed by atoms with Gasteiger partial charge in [-0.05, 0) is 31.1 Å². The Balaban J connectivity index is 1.74. The van der Waals surface area contributed by atoms with E-state index in [4.69, 9.17) is 0 Å². The second-order valence-corrected chi connectivity index (χ2v) is 8.63. The number of hydrogen-bond donors (Lipinski definition) is 2. The second-order valence-electron chi connectivity index (χ2n) is 8.63. The lowest BCUT2D eigenvalue weighted by Gasteiger charge is -2.22. The molecule has 3 aromatic rings. The highest BCUT2D eigenvalue weighted by atomic mass is 16.3. The third-order valence-corrected chi connectivity index (χ3v) is 5.99. The van der Waals surface area contributed by atoms with Gasteiger partial charge in [-0.2, -0.15) is 0 Å².